The van der Waals surface area contributed by atoms with Crippen molar-refractivity contribution in [2.45, 2.75) is 0 Å². The van der Waals surface area contributed by atoms with Crippen LogP contribution in [0.4, 0.5) is 0 Å². The van der Waals surface area contributed by atoms with Crippen molar-refractivity contribution in [2.75, 3.05) is 0 Å². The number of hydrogen-bond acceptors (Lipinski definition) is 0. The number of rotatable bonds is 2. The van der Waals surface area contributed by atoms with Crippen molar-refractivity contribution in [2.24, 2.45) is 0 Å². The average Bonchev–Trinajstić information content (AvgIpc) is 2.62. The van der Waals surface area contributed by atoms with E-state index in [4.69, 9.17) is 0 Å². The molecule has 0 nitrogen and oxygen atoms in total. The van der Waals surface area contributed by atoms with E-state index in [2.05, 4.69) is 130 Å². The maximum Gasteiger partial charge on any atom is 0.0130 e. The molecule has 0 spiro atoms. The van der Waals surface area contributed by atoms with Crippen molar-refractivity contribution in [1.29, 1.82) is 0 Å². The van der Waals surface area contributed by atoms with Gasteiger partial charge in [0.2, 0.25) is 0 Å². The van der Waals surface area contributed by atoms with E-state index >= 15 is 0 Å². The molecular formula is C22H14I2. The smallest absolute Gasteiger partial charge is 0.0130 e. The van der Waals surface area contributed by atoms with E-state index in [0.29, 0.717) is 0 Å². The van der Waals surface area contributed by atoms with Crippen molar-refractivity contribution in [3.63, 3.8) is 0 Å². The Labute approximate surface area is 169 Å². The van der Waals surface area contributed by atoms with Crippen LogP contribution >= 0.6 is 45.2 Å². The Morgan fingerprint density at radius 2 is 0.875 bits per heavy atom. The fourth-order valence-electron chi connectivity index (χ4n) is 3.08. The minimum atomic E-state index is 1.26. The number of hydrogen-bond donors (Lipinski definition) is 0. The van der Waals surface area contributed by atoms with Crippen molar-refractivity contribution in [3.05, 3.63) is 92.1 Å². The zero-order valence-corrected chi connectivity index (χ0v) is 17.2. The molecule has 0 aliphatic rings. The van der Waals surface area contributed by atoms with Gasteiger partial charge in [0.25, 0.3) is 0 Å². The Morgan fingerprint density at radius 1 is 0.458 bits per heavy atom. The van der Waals surface area contributed by atoms with Crippen molar-refractivity contribution < 1.29 is 0 Å². The number of halogens is 2. The molecule has 4 aromatic rings. The molecule has 0 amide bonds. The summed E-state index contributed by atoms with van der Waals surface area (Å²) in [5, 5.41) is 2.60. The zero-order chi connectivity index (χ0) is 16.5. The van der Waals surface area contributed by atoms with E-state index < -0.39 is 0 Å². The number of benzene rings is 4. The van der Waals surface area contributed by atoms with Crippen LogP contribution in [-0.4, -0.2) is 0 Å². The second-order valence-electron chi connectivity index (χ2n) is 5.72. The summed E-state index contributed by atoms with van der Waals surface area (Å²) in [7, 11) is 0. The molecule has 0 aliphatic heterocycles. The minimum Gasteiger partial charge on any atom is -0.0610 e. The van der Waals surface area contributed by atoms with Crippen LogP contribution in [0, 0.1) is 7.14 Å². The maximum atomic E-state index is 2.35. The highest BCUT2D eigenvalue weighted by Crippen LogP contribution is 2.36. The van der Waals surface area contributed by atoms with Crippen LogP contribution in [0.2, 0.25) is 0 Å². The molecule has 2 heteroatoms. The number of fused-ring (bicyclic) bond motifs is 1. The largest absolute Gasteiger partial charge is 0.0610 e. The van der Waals surface area contributed by atoms with Gasteiger partial charge >= 0.3 is 0 Å². The molecule has 0 saturated carbocycles. The predicted molar refractivity (Wildman–Crippen MR) is 120 cm³/mol. The lowest BCUT2D eigenvalue weighted by Crippen LogP contribution is -1.87. The molecule has 0 aliphatic carbocycles. The SMILES string of the molecule is Ic1ccc(-c2cccc3cccc(-c4ccc(I)cc4)c23)cc1. The fourth-order valence-corrected chi connectivity index (χ4v) is 3.80. The minimum absolute atomic E-state index is 1.26. The highest BCUT2D eigenvalue weighted by Gasteiger charge is 2.10. The van der Waals surface area contributed by atoms with Gasteiger partial charge in [-0.3, -0.25) is 0 Å². The highest BCUT2D eigenvalue weighted by molar-refractivity contribution is 14.1. The molecule has 24 heavy (non-hydrogen) atoms. The zero-order valence-electron chi connectivity index (χ0n) is 12.8. The van der Waals surface area contributed by atoms with Gasteiger partial charge in [-0.05, 0) is 102 Å². The van der Waals surface area contributed by atoms with Gasteiger partial charge < -0.3 is 0 Å². The van der Waals surface area contributed by atoms with Crippen LogP contribution in [0.3, 0.4) is 0 Å². The van der Waals surface area contributed by atoms with Crippen LogP contribution in [0.25, 0.3) is 33.0 Å². The Morgan fingerprint density at radius 3 is 1.29 bits per heavy atom. The average molecular weight is 532 g/mol. The molecule has 0 N–H and O–H groups in total. The first-order valence-electron chi connectivity index (χ1n) is 7.76. The van der Waals surface area contributed by atoms with E-state index in [1.807, 2.05) is 0 Å². The van der Waals surface area contributed by atoms with Gasteiger partial charge in [0.05, 0.1) is 0 Å². The van der Waals surface area contributed by atoms with Crippen LogP contribution in [0.15, 0.2) is 84.9 Å². The van der Waals surface area contributed by atoms with Crippen LogP contribution < -0.4 is 0 Å². The Balaban J connectivity index is 2.01. The van der Waals surface area contributed by atoms with Gasteiger partial charge in [-0.1, -0.05) is 60.7 Å². The molecule has 0 atom stereocenters. The second kappa shape index (κ2) is 6.84. The molecule has 0 heterocycles. The predicted octanol–water partition coefficient (Wildman–Crippen LogP) is 7.38. The lowest BCUT2D eigenvalue weighted by atomic mass is 9.91. The van der Waals surface area contributed by atoms with Gasteiger partial charge in [-0.2, -0.15) is 0 Å². The molecule has 0 radical (unpaired) electrons. The third-order valence-electron chi connectivity index (χ3n) is 4.22. The van der Waals surface area contributed by atoms with Gasteiger partial charge in [0, 0.05) is 7.14 Å². The quantitative estimate of drug-likeness (QED) is 0.237. The van der Waals surface area contributed by atoms with Crippen LogP contribution in [0.5, 0.6) is 0 Å². The molecule has 116 valence electrons. The van der Waals surface area contributed by atoms with Crippen LogP contribution in [0.1, 0.15) is 0 Å². The summed E-state index contributed by atoms with van der Waals surface area (Å²) < 4.78 is 2.52. The van der Waals surface area contributed by atoms with Gasteiger partial charge in [-0.25, -0.2) is 0 Å². The fraction of sp³-hybridized carbons (Fsp3) is 0. The van der Waals surface area contributed by atoms with E-state index in [-0.39, 0.29) is 0 Å². The van der Waals surface area contributed by atoms with Crippen molar-refractivity contribution in [3.8, 4) is 22.3 Å². The van der Waals surface area contributed by atoms with E-state index in [0.717, 1.165) is 0 Å². The molecule has 0 unspecified atom stereocenters. The summed E-state index contributed by atoms with van der Waals surface area (Å²) in [6.45, 7) is 0. The second-order valence-corrected chi connectivity index (χ2v) is 8.21. The molecule has 4 aromatic carbocycles. The molecule has 0 aromatic heterocycles. The van der Waals surface area contributed by atoms with Gasteiger partial charge in [0.15, 0.2) is 0 Å². The summed E-state index contributed by atoms with van der Waals surface area (Å²) in [6, 6.07) is 30.6. The first-order valence-corrected chi connectivity index (χ1v) is 9.92. The summed E-state index contributed by atoms with van der Waals surface area (Å²) in [4.78, 5) is 0. The third-order valence-corrected chi connectivity index (χ3v) is 5.65. The third kappa shape index (κ3) is 3.09. The van der Waals surface area contributed by atoms with E-state index in [1.54, 1.807) is 0 Å². The van der Waals surface area contributed by atoms with Crippen molar-refractivity contribution >= 4 is 56.0 Å². The van der Waals surface area contributed by atoms with Crippen LogP contribution in [-0.2, 0) is 0 Å². The van der Waals surface area contributed by atoms with E-state index in [9.17, 15) is 0 Å². The van der Waals surface area contributed by atoms with E-state index in [1.165, 1.54) is 40.2 Å². The first-order chi connectivity index (χ1) is 11.7. The standard InChI is InChI=1S/C22H14I2/c23-18-11-7-15(8-12-18)20-5-1-3-17-4-2-6-21(22(17)20)16-9-13-19(24)14-10-16/h1-14H. The first kappa shape index (κ1) is 16.1. The monoisotopic (exact) mass is 532 g/mol. The lowest BCUT2D eigenvalue weighted by Gasteiger charge is -2.13. The molecular weight excluding hydrogens is 518 g/mol. The normalized spacial score (nSPS) is 10.9. The summed E-state index contributed by atoms with van der Waals surface area (Å²) >= 11 is 4.70. The molecule has 0 saturated heterocycles. The topological polar surface area (TPSA) is 0 Å². The highest BCUT2D eigenvalue weighted by atomic mass is 127. The Hall–Kier alpha value is -1.40. The Kier molecular flexibility index (Phi) is 4.59. The van der Waals surface area contributed by atoms with Gasteiger partial charge in [-0.15, -0.1) is 0 Å². The molecule has 0 bridgehead atoms. The Bertz CT molecular complexity index is 920. The lowest BCUT2D eigenvalue weighted by molar-refractivity contribution is 1.59. The molecule has 0 fully saturated rings. The maximum absolute atomic E-state index is 2.35. The summed E-state index contributed by atoms with van der Waals surface area (Å²) in [5.41, 5.74) is 5.11. The molecule has 4 rings (SSSR count). The van der Waals surface area contributed by atoms with Gasteiger partial charge in [0.1, 0.15) is 0 Å². The summed E-state index contributed by atoms with van der Waals surface area (Å²) in [5.74, 6) is 0. The summed E-state index contributed by atoms with van der Waals surface area (Å²) in [6.07, 6.45) is 0. The van der Waals surface area contributed by atoms with Crippen molar-refractivity contribution in [1.82, 2.24) is 0 Å².